The molecule has 6 nitrogen and oxygen atoms in total. The van der Waals surface area contributed by atoms with Crippen LogP contribution in [0.5, 0.6) is 0 Å². The van der Waals surface area contributed by atoms with Crippen LogP contribution in [-0.2, 0) is 9.53 Å². The second-order valence-electron chi connectivity index (χ2n) is 5.14. The summed E-state index contributed by atoms with van der Waals surface area (Å²) in [6.07, 6.45) is 0.281. The molecule has 1 amide bonds. The van der Waals surface area contributed by atoms with Gasteiger partial charge in [-0.25, -0.2) is 0 Å². The predicted octanol–water partition coefficient (Wildman–Crippen LogP) is -0.625. The first-order valence-electron chi connectivity index (χ1n) is 6.88. The molecule has 0 bridgehead atoms. The predicted molar refractivity (Wildman–Crippen MR) is 70.5 cm³/mol. The van der Waals surface area contributed by atoms with Gasteiger partial charge in [0.2, 0.25) is 5.91 Å². The zero-order chi connectivity index (χ0) is 13.7. The Morgan fingerprint density at radius 2 is 2.00 bits per heavy atom. The second kappa shape index (κ2) is 6.85. The third-order valence-electron chi connectivity index (χ3n) is 3.93. The minimum Gasteiger partial charge on any atom is -0.379 e. The van der Waals surface area contributed by atoms with Crippen molar-refractivity contribution < 1.29 is 9.53 Å². The maximum Gasteiger partial charge on any atom is 0.241 e. The quantitative estimate of drug-likeness (QED) is 0.678. The molecule has 2 fully saturated rings. The van der Waals surface area contributed by atoms with E-state index in [9.17, 15) is 4.79 Å². The summed E-state index contributed by atoms with van der Waals surface area (Å²) in [6.45, 7) is 6.74. The summed E-state index contributed by atoms with van der Waals surface area (Å²) in [5.74, 6) is 0.101. The van der Waals surface area contributed by atoms with Gasteiger partial charge in [-0.05, 0) is 7.05 Å². The molecule has 19 heavy (non-hydrogen) atoms. The van der Waals surface area contributed by atoms with E-state index in [1.54, 1.807) is 0 Å². The molecule has 0 aromatic heterocycles. The van der Waals surface area contributed by atoms with Gasteiger partial charge < -0.3 is 9.64 Å². The molecule has 2 rings (SSSR count). The standard InChI is InChI=1S/C13H22N4O2/c1-15-4-6-17(13(18)12(15)2-3-14)7-5-16-8-10-19-11-9-16/h12H,2,4-11H2,1H3. The second-order valence-corrected chi connectivity index (χ2v) is 5.14. The smallest absolute Gasteiger partial charge is 0.241 e. The molecule has 0 aliphatic carbocycles. The minimum atomic E-state index is -0.261. The monoisotopic (exact) mass is 266 g/mol. The molecule has 2 aliphatic rings. The van der Waals surface area contributed by atoms with Gasteiger partial charge in [-0.3, -0.25) is 14.6 Å². The number of hydrogen-bond donors (Lipinski definition) is 0. The summed E-state index contributed by atoms with van der Waals surface area (Å²) < 4.78 is 5.31. The van der Waals surface area contributed by atoms with Gasteiger partial charge >= 0.3 is 0 Å². The SMILES string of the molecule is CN1CCN(CCN2CCOCC2)C(=O)C1CC#N. The summed E-state index contributed by atoms with van der Waals surface area (Å²) in [5.41, 5.74) is 0. The normalized spacial score (nSPS) is 26.4. The molecule has 0 aromatic rings. The van der Waals surface area contributed by atoms with Crippen molar-refractivity contribution in [3.05, 3.63) is 0 Å². The van der Waals surface area contributed by atoms with E-state index in [1.165, 1.54) is 0 Å². The summed E-state index contributed by atoms with van der Waals surface area (Å²) in [7, 11) is 1.92. The van der Waals surface area contributed by atoms with Crippen molar-refractivity contribution >= 4 is 5.91 Å². The Bertz CT molecular complexity index is 349. The lowest BCUT2D eigenvalue weighted by Crippen LogP contribution is -2.56. The lowest BCUT2D eigenvalue weighted by atomic mass is 10.1. The van der Waals surface area contributed by atoms with Crippen molar-refractivity contribution in [3.8, 4) is 6.07 Å². The fourth-order valence-electron chi connectivity index (χ4n) is 2.58. The van der Waals surface area contributed by atoms with Crippen molar-refractivity contribution in [2.75, 3.05) is 59.5 Å². The van der Waals surface area contributed by atoms with Crippen molar-refractivity contribution in [1.29, 1.82) is 5.26 Å². The highest BCUT2D eigenvalue weighted by molar-refractivity contribution is 5.82. The number of piperazine rings is 1. The molecule has 2 saturated heterocycles. The highest BCUT2D eigenvalue weighted by Crippen LogP contribution is 2.12. The molecule has 0 aromatic carbocycles. The molecule has 2 heterocycles. The molecule has 0 spiro atoms. The number of carbonyl (C=O) groups is 1. The van der Waals surface area contributed by atoms with E-state index in [4.69, 9.17) is 10.00 Å². The van der Waals surface area contributed by atoms with Crippen LogP contribution in [0.3, 0.4) is 0 Å². The minimum absolute atomic E-state index is 0.101. The first-order chi connectivity index (χ1) is 9.22. The van der Waals surface area contributed by atoms with Crippen LogP contribution in [0, 0.1) is 11.3 Å². The third kappa shape index (κ3) is 3.66. The van der Waals surface area contributed by atoms with Crippen LogP contribution in [0.4, 0.5) is 0 Å². The lowest BCUT2D eigenvalue weighted by molar-refractivity contribution is -0.141. The van der Waals surface area contributed by atoms with Gasteiger partial charge in [0, 0.05) is 39.3 Å². The van der Waals surface area contributed by atoms with Gasteiger partial charge in [0.15, 0.2) is 0 Å². The Morgan fingerprint density at radius 3 is 2.68 bits per heavy atom. The van der Waals surface area contributed by atoms with Crippen LogP contribution >= 0.6 is 0 Å². The number of morpholine rings is 1. The van der Waals surface area contributed by atoms with Gasteiger partial charge in [-0.2, -0.15) is 5.26 Å². The average molecular weight is 266 g/mol. The summed E-state index contributed by atoms with van der Waals surface area (Å²) in [6, 6.07) is 1.85. The molecule has 6 heteroatoms. The zero-order valence-electron chi connectivity index (χ0n) is 11.5. The number of hydrogen-bond acceptors (Lipinski definition) is 5. The summed E-state index contributed by atoms with van der Waals surface area (Å²) in [4.78, 5) is 18.5. The first kappa shape index (κ1) is 14.3. The first-order valence-corrected chi connectivity index (χ1v) is 6.88. The molecule has 1 atom stereocenters. The highest BCUT2D eigenvalue weighted by atomic mass is 16.5. The fourth-order valence-corrected chi connectivity index (χ4v) is 2.58. The Morgan fingerprint density at radius 1 is 1.26 bits per heavy atom. The highest BCUT2D eigenvalue weighted by Gasteiger charge is 2.32. The van der Waals surface area contributed by atoms with Crippen molar-refractivity contribution in [2.24, 2.45) is 0 Å². The number of nitriles is 1. The molecular weight excluding hydrogens is 244 g/mol. The average Bonchev–Trinajstić information content (AvgIpc) is 2.44. The van der Waals surface area contributed by atoms with E-state index in [0.717, 1.165) is 52.5 Å². The molecule has 0 radical (unpaired) electrons. The van der Waals surface area contributed by atoms with Gasteiger partial charge in [0.25, 0.3) is 0 Å². The third-order valence-corrected chi connectivity index (χ3v) is 3.93. The Hall–Kier alpha value is -1.16. The number of carbonyl (C=O) groups excluding carboxylic acids is 1. The number of amides is 1. The topological polar surface area (TPSA) is 59.8 Å². The Balaban J connectivity index is 1.82. The van der Waals surface area contributed by atoms with Crippen LogP contribution in [0.25, 0.3) is 0 Å². The molecule has 0 saturated carbocycles. The van der Waals surface area contributed by atoms with E-state index >= 15 is 0 Å². The number of rotatable bonds is 4. The lowest BCUT2D eigenvalue weighted by Gasteiger charge is -2.39. The Kier molecular flexibility index (Phi) is 5.14. The zero-order valence-corrected chi connectivity index (χ0v) is 11.5. The van der Waals surface area contributed by atoms with Crippen molar-refractivity contribution in [3.63, 3.8) is 0 Å². The molecule has 106 valence electrons. The van der Waals surface area contributed by atoms with Crippen LogP contribution in [0.1, 0.15) is 6.42 Å². The number of nitrogens with zero attached hydrogens (tertiary/aromatic N) is 4. The summed E-state index contributed by atoms with van der Waals surface area (Å²) in [5, 5.41) is 8.80. The maximum atomic E-state index is 12.3. The fraction of sp³-hybridized carbons (Fsp3) is 0.846. The summed E-state index contributed by atoms with van der Waals surface area (Å²) >= 11 is 0. The molecule has 2 aliphatic heterocycles. The van der Waals surface area contributed by atoms with Gasteiger partial charge in [0.05, 0.1) is 25.7 Å². The molecular formula is C13H22N4O2. The van der Waals surface area contributed by atoms with Gasteiger partial charge in [-0.1, -0.05) is 0 Å². The van der Waals surface area contributed by atoms with E-state index in [1.807, 2.05) is 16.8 Å². The van der Waals surface area contributed by atoms with Crippen LogP contribution in [-0.4, -0.2) is 86.2 Å². The molecule has 1 unspecified atom stereocenters. The van der Waals surface area contributed by atoms with Crippen molar-refractivity contribution in [2.45, 2.75) is 12.5 Å². The Labute approximate surface area is 114 Å². The van der Waals surface area contributed by atoms with E-state index in [2.05, 4.69) is 11.0 Å². The van der Waals surface area contributed by atoms with Crippen LogP contribution < -0.4 is 0 Å². The number of likely N-dealkylation sites (N-methyl/N-ethyl adjacent to an activating group) is 1. The van der Waals surface area contributed by atoms with E-state index in [0.29, 0.717) is 0 Å². The van der Waals surface area contributed by atoms with E-state index < -0.39 is 0 Å². The molecule has 0 N–H and O–H groups in total. The largest absolute Gasteiger partial charge is 0.379 e. The number of ether oxygens (including phenoxy) is 1. The van der Waals surface area contributed by atoms with Crippen LogP contribution in [0.15, 0.2) is 0 Å². The maximum absolute atomic E-state index is 12.3. The van der Waals surface area contributed by atoms with Gasteiger partial charge in [-0.15, -0.1) is 0 Å². The van der Waals surface area contributed by atoms with E-state index in [-0.39, 0.29) is 18.4 Å². The van der Waals surface area contributed by atoms with Gasteiger partial charge in [0.1, 0.15) is 6.04 Å². The van der Waals surface area contributed by atoms with Crippen molar-refractivity contribution in [1.82, 2.24) is 14.7 Å². The van der Waals surface area contributed by atoms with Crippen LogP contribution in [0.2, 0.25) is 0 Å².